The Balaban J connectivity index is 2.24. The molecule has 100 valence electrons. The van der Waals surface area contributed by atoms with Gasteiger partial charge in [0, 0.05) is 32.4 Å². The smallest absolute Gasteiger partial charge is 0.0422 e. The Bertz CT molecular complexity index is 555. The minimum atomic E-state index is 0.263. The summed E-state index contributed by atoms with van der Waals surface area (Å²) in [5, 5.41) is 3.38. The van der Waals surface area contributed by atoms with Gasteiger partial charge in [0.15, 0.2) is 0 Å². The molecule has 0 bridgehead atoms. The van der Waals surface area contributed by atoms with Crippen molar-refractivity contribution in [3.63, 3.8) is 0 Å². The van der Waals surface area contributed by atoms with Crippen LogP contribution in [0.3, 0.4) is 0 Å². The van der Waals surface area contributed by atoms with Crippen molar-refractivity contribution in [2.75, 3.05) is 7.05 Å². The van der Waals surface area contributed by atoms with Crippen molar-refractivity contribution < 1.29 is 0 Å². The number of hydrogen-bond acceptors (Lipinski definition) is 2. The lowest BCUT2D eigenvalue weighted by molar-refractivity contribution is 0.582. The van der Waals surface area contributed by atoms with E-state index >= 15 is 0 Å². The van der Waals surface area contributed by atoms with Gasteiger partial charge in [-0.25, -0.2) is 0 Å². The van der Waals surface area contributed by atoms with E-state index in [4.69, 9.17) is 0 Å². The van der Waals surface area contributed by atoms with E-state index in [1.165, 1.54) is 14.7 Å². The number of rotatable bonds is 4. The molecule has 1 N–H and O–H groups in total. The second-order valence-corrected chi connectivity index (χ2v) is 6.64. The molecule has 0 amide bonds. The molecule has 0 radical (unpaired) electrons. The monoisotopic (exact) mass is 430 g/mol. The average molecular weight is 431 g/mol. The third-order valence-corrected chi connectivity index (χ3v) is 4.46. The van der Waals surface area contributed by atoms with Crippen molar-refractivity contribution in [2.24, 2.45) is 0 Å². The van der Waals surface area contributed by atoms with Crippen LogP contribution in [0.25, 0.3) is 0 Å². The van der Waals surface area contributed by atoms with Crippen LogP contribution < -0.4 is 5.32 Å². The maximum Gasteiger partial charge on any atom is 0.0422 e. The molecule has 1 aromatic carbocycles. The number of pyridine rings is 1. The highest BCUT2D eigenvalue weighted by atomic mass is 127. The lowest BCUT2D eigenvalue weighted by Crippen LogP contribution is -2.20. The van der Waals surface area contributed by atoms with Gasteiger partial charge < -0.3 is 5.32 Å². The summed E-state index contributed by atoms with van der Waals surface area (Å²) in [4.78, 5) is 4.49. The molecule has 19 heavy (non-hydrogen) atoms. The number of nitrogens with zero attached hydrogens (tertiary/aromatic N) is 1. The number of halogens is 2. The highest BCUT2D eigenvalue weighted by Gasteiger charge is 2.14. The first-order chi connectivity index (χ1) is 9.10. The van der Waals surface area contributed by atoms with Crippen LogP contribution in [-0.4, -0.2) is 12.0 Å². The van der Waals surface area contributed by atoms with E-state index in [-0.39, 0.29) is 6.04 Å². The van der Waals surface area contributed by atoms with E-state index in [1.54, 1.807) is 0 Å². The standard InChI is InChI=1S/C15H16BrIN2/c1-10-3-5-12(19-9-10)8-15(18-2)13-7-11(17)4-6-14(13)16/h3-7,9,15,18H,8H2,1-2H3. The van der Waals surface area contributed by atoms with Gasteiger partial charge in [0.05, 0.1) is 0 Å². The second kappa shape index (κ2) is 6.81. The van der Waals surface area contributed by atoms with Crippen LogP contribution in [-0.2, 0) is 6.42 Å². The van der Waals surface area contributed by atoms with E-state index < -0.39 is 0 Å². The largest absolute Gasteiger partial charge is 0.313 e. The van der Waals surface area contributed by atoms with Crippen LogP contribution in [0.15, 0.2) is 41.0 Å². The minimum Gasteiger partial charge on any atom is -0.313 e. The Morgan fingerprint density at radius 1 is 1.32 bits per heavy atom. The normalized spacial score (nSPS) is 12.4. The van der Waals surface area contributed by atoms with Crippen LogP contribution in [0.4, 0.5) is 0 Å². The summed E-state index contributed by atoms with van der Waals surface area (Å²) in [5.74, 6) is 0. The number of likely N-dealkylation sites (N-methyl/N-ethyl adjacent to an activating group) is 1. The molecule has 1 aromatic heterocycles. The van der Waals surface area contributed by atoms with Gasteiger partial charge in [-0.05, 0) is 72.0 Å². The molecule has 2 nitrogen and oxygen atoms in total. The molecule has 0 fully saturated rings. The zero-order valence-electron chi connectivity index (χ0n) is 11.0. The molecule has 1 unspecified atom stereocenters. The van der Waals surface area contributed by atoms with Crippen LogP contribution in [0.5, 0.6) is 0 Å². The lowest BCUT2D eigenvalue weighted by Gasteiger charge is -2.18. The van der Waals surface area contributed by atoms with Crippen LogP contribution in [0.1, 0.15) is 22.9 Å². The zero-order chi connectivity index (χ0) is 13.8. The maximum atomic E-state index is 4.49. The SMILES string of the molecule is CNC(Cc1ccc(C)cn1)c1cc(I)ccc1Br. The topological polar surface area (TPSA) is 24.9 Å². The number of hydrogen-bond donors (Lipinski definition) is 1. The lowest BCUT2D eigenvalue weighted by atomic mass is 10.0. The maximum absolute atomic E-state index is 4.49. The van der Waals surface area contributed by atoms with Gasteiger partial charge in [0.1, 0.15) is 0 Å². The Morgan fingerprint density at radius 2 is 2.11 bits per heavy atom. The van der Waals surface area contributed by atoms with Gasteiger partial charge in [-0.3, -0.25) is 4.98 Å². The van der Waals surface area contributed by atoms with Crippen LogP contribution in [0.2, 0.25) is 0 Å². The molecule has 0 aliphatic rings. The molecule has 0 aliphatic heterocycles. The predicted molar refractivity (Wildman–Crippen MR) is 91.3 cm³/mol. The number of benzene rings is 1. The summed E-state index contributed by atoms with van der Waals surface area (Å²) in [6.07, 6.45) is 2.81. The highest BCUT2D eigenvalue weighted by molar-refractivity contribution is 14.1. The van der Waals surface area contributed by atoms with Gasteiger partial charge in [0.25, 0.3) is 0 Å². The fourth-order valence-electron chi connectivity index (χ4n) is 1.98. The van der Waals surface area contributed by atoms with E-state index in [1.807, 2.05) is 13.2 Å². The number of aryl methyl sites for hydroxylation is 1. The summed E-state index contributed by atoms with van der Waals surface area (Å²) >= 11 is 5.98. The molecule has 0 aliphatic carbocycles. The number of aromatic nitrogens is 1. The van der Waals surface area contributed by atoms with Crippen molar-refractivity contribution in [3.05, 3.63) is 61.4 Å². The molecular formula is C15H16BrIN2. The Hall–Kier alpha value is -0.460. The summed E-state index contributed by atoms with van der Waals surface area (Å²) in [6, 6.07) is 10.9. The highest BCUT2D eigenvalue weighted by Crippen LogP contribution is 2.27. The molecule has 1 atom stereocenters. The van der Waals surface area contributed by atoms with Crippen molar-refractivity contribution >= 4 is 38.5 Å². The Morgan fingerprint density at radius 3 is 2.74 bits per heavy atom. The summed E-state index contributed by atoms with van der Waals surface area (Å²) in [5.41, 5.74) is 3.58. The van der Waals surface area contributed by atoms with E-state index in [9.17, 15) is 0 Å². The molecule has 0 saturated carbocycles. The Kier molecular flexibility index (Phi) is 5.36. The zero-order valence-corrected chi connectivity index (χ0v) is 14.7. The van der Waals surface area contributed by atoms with Gasteiger partial charge in [-0.1, -0.05) is 22.0 Å². The second-order valence-electron chi connectivity index (χ2n) is 4.54. The minimum absolute atomic E-state index is 0.263. The molecule has 2 aromatic rings. The Labute approximate surface area is 136 Å². The van der Waals surface area contributed by atoms with Crippen molar-refractivity contribution in [1.82, 2.24) is 10.3 Å². The summed E-state index contributed by atoms with van der Waals surface area (Å²) in [6.45, 7) is 2.06. The van der Waals surface area contributed by atoms with Gasteiger partial charge in [0.2, 0.25) is 0 Å². The first-order valence-corrected chi connectivity index (χ1v) is 8.01. The first kappa shape index (κ1) is 14.9. The van der Waals surface area contributed by atoms with Gasteiger partial charge in [-0.15, -0.1) is 0 Å². The quantitative estimate of drug-likeness (QED) is 0.733. The van der Waals surface area contributed by atoms with Crippen LogP contribution >= 0.6 is 38.5 Å². The summed E-state index contributed by atoms with van der Waals surface area (Å²) in [7, 11) is 1.99. The third kappa shape index (κ3) is 4.00. The average Bonchev–Trinajstić information content (AvgIpc) is 2.41. The fourth-order valence-corrected chi connectivity index (χ4v) is 3.02. The molecule has 0 saturated heterocycles. The third-order valence-electron chi connectivity index (χ3n) is 3.07. The predicted octanol–water partition coefficient (Wildman–Crippen LogP) is 4.26. The molecule has 4 heteroatoms. The van der Waals surface area contributed by atoms with Crippen LogP contribution in [0, 0.1) is 10.5 Å². The van der Waals surface area contributed by atoms with E-state index in [2.05, 4.69) is 86.1 Å². The molecule has 2 rings (SSSR count). The van der Waals surface area contributed by atoms with Crippen molar-refractivity contribution in [1.29, 1.82) is 0 Å². The first-order valence-electron chi connectivity index (χ1n) is 6.14. The van der Waals surface area contributed by atoms with Gasteiger partial charge in [-0.2, -0.15) is 0 Å². The van der Waals surface area contributed by atoms with Gasteiger partial charge >= 0.3 is 0 Å². The molecule has 1 heterocycles. The molecule has 0 spiro atoms. The molecular weight excluding hydrogens is 415 g/mol. The summed E-state index contributed by atoms with van der Waals surface area (Å²) < 4.78 is 2.38. The van der Waals surface area contributed by atoms with Crippen molar-refractivity contribution in [3.8, 4) is 0 Å². The van der Waals surface area contributed by atoms with Crippen molar-refractivity contribution in [2.45, 2.75) is 19.4 Å². The van der Waals surface area contributed by atoms with E-state index in [0.29, 0.717) is 0 Å². The number of nitrogens with one attached hydrogen (secondary N) is 1. The van der Waals surface area contributed by atoms with E-state index in [0.717, 1.165) is 16.6 Å². The fraction of sp³-hybridized carbons (Fsp3) is 0.267.